The van der Waals surface area contributed by atoms with Gasteiger partial charge in [0, 0.05) is 35.7 Å². The second-order valence-electron chi connectivity index (χ2n) is 6.07. The van der Waals surface area contributed by atoms with Gasteiger partial charge in [-0.3, -0.25) is 4.90 Å². The van der Waals surface area contributed by atoms with Crippen molar-refractivity contribution in [3.8, 4) is 0 Å². The van der Waals surface area contributed by atoms with E-state index < -0.39 is 0 Å². The van der Waals surface area contributed by atoms with Crippen LogP contribution in [0.5, 0.6) is 0 Å². The lowest BCUT2D eigenvalue weighted by molar-refractivity contribution is 0.183. The van der Waals surface area contributed by atoms with Crippen molar-refractivity contribution in [2.24, 2.45) is 5.73 Å². The zero-order chi connectivity index (χ0) is 12.8. The minimum atomic E-state index is 0.226. The Kier molecular flexibility index (Phi) is 3.16. The van der Waals surface area contributed by atoms with Gasteiger partial charge in [0.25, 0.3) is 0 Å². The van der Waals surface area contributed by atoms with Gasteiger partial charge >= 0.3 is 0 Å². The van der Waals surface area contributed by atoms with Gasteiger partial charge in [0.1, 0.15) is 0 Å². The van der Waals surface area contributed by atoms with Crippen LogP contribution in [0.2, 0.25) is 0 Å². The highest BCUT2D eigenvalue weighted by Gasteiger charge is 2.36. The molecule has 1 saturated heterocycles. The van der Waals surface area contributed by atoms with Crippen LogP contribution in [0.1, 0.15) is 43.5 Å². The van der Waals surface area contributed by atoms with Crippen molar-refractivity contribution in [2.75, 3.05) is 18.8 Å². The van der Waals surface area contributed by atoms with Crippen LogP contribution < -0.4 is 5.73 Å². The van der Waals surface area contributed by atoms with Gasteiger partial charge in [0.05, 0.1) is 0 Å². The SMILES string of the molecule is CC1(C)CN(C2CC(N)c3ccccc32)CCS1. The fourth-order valence-corrected chi connectivity index (χ4v) is 4.45. The van der Waals surface area contributed by atoms with Gasteiger partial charge < -0.3 is 5.73 Å². The Balaban J connectivity index is 1.86. The summed E-state index contributed by atoms with van der Waals surface area (Å²) in [5.41, 5.74) is 9.10. The first-order valence-electron chi connectivity index (χ1n) is 6.79. The van der Waals surface area contributed by atoms with Gasteiger partial charge in [-0.1, -0.05) is 24.3 Å². The molecule has 1 heterocycles. The lowest BCUT2D eigenvalue weighted by Gasteiger charge is -2.41. The van der Waals surface area contributed by atoms with E-state index in [9.17, 15) is 0 Å². The summed E-state index contributed by atoms with van der Waals surface area (Å²) in [5.74, 6) is 1.24. The number of nitrogens with zero attached hydrogens (tertiary/aromatic N) is 1. The molecule has 1 aliphatic heterocycles. The maximum Gasteiger partial charge on any atom is 0.0370 e. The fraction of sp³-hybridized carbons (Fsp3) is 0.600. The second kappa shape index (κ2) is 4.55. The van der Waals surface area contributed by atoms with Gasteiger partial charge in [0.15, 0.2) is 0 Å². The monoisotopic (exact) mass is 262 g/mol. The number of thioether (sulfide) groups is 1. The summed E-state index contributed by atoms with van der Waals surface area (Å²) in [7, 11) is 0. The Labute approximate surface area is 114 Å². The van der Waals surface area contributed by atoms with Crippen LogP contribution in [-0.4, -0.2) is 28.5 Å². The molecular formula is C15H22N2S. The molecule has 2 nitrogen and oxygen atoms in total. The Morgan fingerprint density at radius 2 is 2.00 bits per heavy atom. The molecule has 1 fully saturated rings. The number of hydrogen-bond donors (Lipinski definition) is 1. The van der Waals surface area contributed by atoms with Crippen molar-refractivity contribution in [3.63, 3.8) is 0 Å². The van der Waals surface area contributed by atoms with Crippen LogP contribution in [0.3, 0.4) is 0 Å². The number of nitrogens with two attached hydrogens (primary N) is 1. The number of hydrogen-bond acceptors (Lipinski definition) is 3. The molecule has 0 amide bonds. The Morgan fingerprint density at radius 1 is 1.28 bits per heavy atom. The summed E-state index contributed by atoms with van der Waals surface area (Å²) < 4.78 is 0.375. The Hall–Kier alpha value is -0.510. The predicted octanol–water partition coefficient (Wildman–Crippen LogP) is 2.96. The molecule has 98 valence electrons. The van der Waals surface area contributed by atoms with Crippen molar-refractivity contribution in [1.29, 1.82) is 0 Å². The standard InChI is InChI=1S/C15H22N2S/c1-15(2)10-17(7-8-18-15)14-9-13(16)11-5-3-4-6-12(11)14/h3-6,13-14H,7-10,16H2,1-2H3. The lowest BCUT2D eigenvalue weighted by atomic mass is 10.0. The minimum Gasteiger partial charge on any atom is -0.324 e. The van der Waals surface area contributed by atoms with E-state index in [1.54, 1.807) is 0 Å². The van der Waals surface area contributed by atoms with Crippen molar-refractivity contribution in [2.45, 2.75) is 37.1 Å². The van der Waals surface area contributed by atoms with Gasteiger partial charge in [0.2, 0.25) is 0 Å². The summed E-state index contributed by atoms with van der Waals surface area (Å²) >= 11 is 2.09. The summed E-state index contributed by atoms with van der Waals surface area (Å²) in [6.45, 7) is 7.07. The first-order valence-corrected chi connectivity index (χ1v) is 7.78. The van der Waals surface area contributed by atoms with E-state index in [4.69, 9.17) is 5.73 Å². The molecule has 3 heteroatoms. The molecule has 0 bridgehead atoms. The Morgan fingerprint density at radius 3 is 2.72 bits per heavy atom. The van der Waals surface area contributed by atoms with Crippen LogP contribution in [0.4, 0.5) is 0 Å². The van der Waals surface area contributed by atoms with E-state index in [0.29, 0.717) is 10.8 Å². The van der Waals surface area contributed by atoms with Crippen molar-refractivity contribution < 1.29 is 0 Å². The lowest BCUT2D eigenvalue weighted by Crippen LogP contribution is -2.44. The molecule has 0 radical (unpaired) electrons. The van der Waals surface area contributed by atoms with E-state index in [1.165, 1.54) is 30.0 Å². The molecule has 1 aliphatic carbocycles. The molecular weight excluding hydrogens is 240 g/mol. The molecule has 2 N–H and O–H groups in total. The van der Waals surface area contributed by atoms with Crippen molar-refractivity contribution in [3.05, 3.63) is 35.4 Å². The quantitative estimate of drug-likeness (QED) is 0.843. The highest BCUT2D eigenvalue weighted by molar-refractivity contribution is 8.00. The molecule has 1 aromatic rings. The zero-order valence-electron chi connectivity index (χ0n) is 11.2. The van der Waals surface area contributed by atoms with E-state index in [1.807, 2.05) is 0 Å². The third-order valence-corrected chi connectivity index (χ3v) is 5.42. The smallest absolute Gasteiger partial charge is 0.0370 e. The van der Waals surface area contributed by atoms with Gasteiger partial charge in [-0.05, 0) is 31.4 Å². The third kappa shape index (κ3) is 2.20. The molecule has 0 spiro atoms. The topological polar surface area (TPSA) is 29.3 Å². The Bertz CT molecular complexity index is 444. The van der Waals surface area contributed by atoms with E-state index in [-0.39, 0.29) is 6.04 Å². The first-order chi connectivity index (χ1) is 8.57. The van der Waals surface area contributed by atoms with E-state index in [0.717, 1.165) is 6.42 Å². The largest absolute Gasteiger partial charge is 0.324 e. The van der Waals surface area contributed by atoms with Crippen molar-refractivity contribution in [1.82, 2.24) is 4.90 Å². The van der Waals surface area contributed by atoms with Crippen LogP contribution in [0.25, 0.3) is 0 Å². The predicted molar refractivity (Wildman–Crippen MR) is 78.8 cm³/mol. The summed E-state index contributed by atoms with van der Waals surface area (Å²) in [5, 5.41) is 0. The number of fused-ring (bicyclic) bond motifs is 1. The molecule has 0 saturated carbocycles. The summed E-state index contributed by atoms with van der Waals surface area (Å²) in [6.07, 6.45) is 1.08. The van der Waals surface area contributed by atoms with Crippen LogP contribution in [0.15, 0.2) is 24.3 Å². The third-order valence-electron chi connectivity index (χ3n) is 4.13. The second-order valence-corrected chi connectivity index (χ2v) is 7.87. The van der Waals surface area contributed by atoms with Crippen LogP contribution in [0, 0.1) is 0 Å². The van der Waals surface area contributed by atoms with E-state index in [2.05, 4.69) is 54.8 Å². The first kappa shape index (κ1) is 12.5. The highest BCUT2D eigenvalue weighted by atomic mass is 32.2. The van der Waals surface area contributed by atoms with Crippen LogP contribution in [-0.2, 0) is 0 Å². The molecule has 0 aromatic heterocycles. The van der Waals surface area contributed by atoms with Gasteiger partial charge in [-0.15, -0.1) is 0 Å². The molecule has 18 heavy (non-hydrogen) atoms. The highest BCUT2D eigenvalue weighted by Crippen LogP contribution is 2.43. The minimum absolute atomic E-state index is 0.226. The fourth-order valence-electron chi connectivity index (χ4n) is 3.31. The average molecular weight is 262 g/mol. The van der Waals surface area contributed by atoms with E-state index >= 15 is 0 Å². The molecule has 2 atom stereocenters. The summed E-state index contributed by atoms with van der Waals surface area (Å²) in [4.78, 5) is 2.64. The molecule has 3 rings (SSSR count). The zero-order valence-corrected chi connectivity index (χ0v) is 12.0. The number of rotatable bonds is 1. The maximum absolute atomic E-state index is 6.28. The number of benzene rings is 1. The average Bonchev–Trinajstić information content (AvgIpc) is 2.66. The van der Waals surface area contributed by atoms with Crippen molar-refractivity contribution >= 4 is 11.8 Å². The molecule has 2 unspecified atom stereocenters. The molecule has 1 aromatic carbocycles. The maximum atomic E-state index is 6.28. The molecule has 2 aliphatic rings. The van der Waals surface area contributed by atoms with Gasteiger partial charge in [-0.2, -0.15) is 11.8 Å². The normalized spacial score (nSPS) is 31.3. The van der Waals surface area contributed by atoms with Crippen LogP contribution >= 0.6 is 11.8 Å². The summed E-state index contributed by atoms with van der Waals surface area (Å²) in [6, 6.07) is 9.48. The van der Waals surface area contributed by atoms with Gasteiger partial charge in [-0.25, -0.2) is 0 Å².